The van der Waals surface area contributed by atoms with Crippen LogP contribution in [0.3, 0.4) is 0 Å². The molecule has 1 fully saturated rings. The van der Waals surface area contributed by atoms with Gasteiger partial charge < -0.3 is 10.6 Å². The largest absolute Gasteiger partial charge is 0.354 e. The van der Waals surface area contributed by atoms with E-state index >= 15 is 0 Å². The van der Waals surface area contributed by atoms with E-state index in [9.17, 15) is 4.79 Å². The normalized spacial score (nSPS) is 25.9. The van der Waals surface area contributed by atoms with Crippen LogP contribution in [0.4, 0.5) is 0 Å². The van der Waals surface area contributed by atoms with Crippen molar-refractivity contribution in [3.63, 3.8) is 0 Å². The summed E-state index contributed by atoms with van der Waals surface area (Å²) in [5.74, 6) is 0.407. The standard InChI is InChI=1S/C12H24N2O/c1-4-10(5-2)11(15)13-9-12(3)7-6-8-14-12/h10,14H,4-9H2,1-3H3,(H,13,15). The second-order valence-electron chi connectivity index (χ2n) is 4.82. The van der Waals surface area contributed by atoms with E-state index in [1.165, 1.54) is 6.42 Å². The third-order valence-corrected chi connectivity index (χ3v) is 3.47. The number of hydrogen-bond acceptors (Lipinski definition) is 2. The van der Waals surface area contributed by atoms with Crippen molar-refractivity contribution >= 4 is 5.91 Å². The average Bonchev–Trinajstić information content (AvgIpc) is 2.65. The predicted molar refractivity (Wildman–Crippen MR) is 62.7 cm³/mol. The Balaban J connectivity index is 2.32. The monoisotopic (exact) mass is 212 g/mol. The van der Waals surface area contributed by atoms with Gasteiger partial charge in [-0.1, -0.05) is 13.8 Å². The zero-order chi connectivity index (χ0) is 11.3. The number of hydrogen-bond donors (Lipinski definition) is 2. The summed E-state index contributed by atoms with van der Waals surface area (Å²) in [6, 6.07) is 0. The number of nitrogens with one attached hydrogen (secondary N) is 2. The summed E-state index contributed by atoms with van der Waals surface area (Å²) in [5.41, 5.74) is 0.127. The van der Waals surface area contributed by atoms with E-state index < -0.39 is 0 Å². The highest BCUT2D eigenvalue weighted by atomic mass is 16.1. The number of rotatable bonds is 5. The lowest BCUT2D eigenvalue weighted by atomic mass is 9.98. The molecule has 15 heavy (non-hydrogen) atoms. The fraction of sp³-hybridized carbons (Fsp3) is 0.917. The molecule has 0 aromatic heterocycles. The first-order valence-corrected chi connectivity index (χ1v) is 6.14. The molecular weight excluding hydrogens is 188 g/mol. The molecule has 1 amide bonds. The van der Waals surface area contributed by atoms with Crippen LogP contribution in [0.25, 0.3) is 0 Å². The Morgan fingerprint density at radius 3 is 2.60 bits per heavy atom. The van der Waals surface area contributed by atoms with Crippen LogP contribution in [0.5, 0.6) is 0 Å². The van der Waals surface area contributed by atoms with Crippen molar-refractivity contribution in [1.82, 2.24) is 10.6 Å². The van der Waals surface area contributed by atoms with Gasteiger partial charge in [0, 0.05) is 18.0 Å². The van der Waals surface area contributed by atoms with E-state index in [-0.39, 0.29) is 17.4 Å². The summed E-state index contributed by atoms with van der Waals surface area (Å²) < 4.78 is 0. The molecule has 1 rings (SSSR count). The maximum atomic E-state index is 11.8. The van der Waals surface area contributed by atoms with Crippen LogP contribution < -0.4 is 10.6 Å². The van der Waals surface area contributed by atoms with Gasteiger partial charge in [0.25, 0.3) is 0 Å². The quantitative estimate of drug-likeness (QED) is 0.728. The SMILES string of the molecule is CCC(CC)C(=O)NCC1(C)CCCN1. The fourth-order valence-corrected chi connectivity index (χ4v) is 2.19. The highest BCUT2D eigenvalue weighted by molar-refractivity contribution is 5.78. The zero-order valence-corrected chi connectivity index (χ0v) is 10.2. The van der Waals surface area contributed by atoms with Gasteiger partial charge in [-0.2, -0.15) is 0 Å². The van der Waals surface area contributed by atoms with E-state index in [1.54, 1.807) is 0 Å². The molecule has 0 spiro atoms. The van der Waals surface area contributed by atoms with Gasteiger partial charge in [0.1, 0.15) is 0 Å². The maximum Gasteiger partial charge on any atom is 0.223 e. The van der Waals surface area contributed by atoms with Crippen LogP contribution in [0.15, 0.2) is 0 Å². The Morgan fingerprint density at radius 1 is 1.47 bits per heavy atom. The minimum Gasteiger partial charge on any atom is -0.354 e. The third-order valence-electron chi connectivity index (χ3n) is 3.47. The first kappa shape index (κ1) is 12.5. The van der Waals surface area contributed by atoms with Crippen molar-refractivity contribution in [3.05, 3.63) is 0 Å². The highest BCUT2D eigenvalue weighted by Crippen LogP contribution is 2.17. The molecule has 3 heteroatoms. The van der Waals surface area contributed by atoms with Gasteiger partial charge in [-0.15, -0.1) is 0 Å². The summed E-state index contributed by atoms with van der Waals surface area (Å²) in [6.45, 7) is 8.18. The molecule has 2 N–H and O–H groups in total. The Hall–Kier alpha value is -0.570. The van der Waals surface area contributed by atoms with Gasteiger partial charge in [-0.05, 0) is 39.2 Å². The molecule has 88 valence electrons. The van der Waals surface area contributed by atoms with Gasteiger partial charge >= 0.3 is 0 Å². The summed E-state index contributed by atoms with van der Waals surface area (Å²) in [7, 11) is 0. The second kappa shape index (κ2) is 5.50. The Labute approximate surface area is 93.0 Å². The van der Waals surface area contributed by atoms with Crippen molar-refractivity contribution in [2.75, 3.05) is 13.1 Å². The molecule has 1 aliphatic rings. The third kappa shape index (κ3) is 3.49. The molecule has 1 aliphatic heterocycles. The van der Waals surface area contributed by atoms with Crippen LogP contribution in [-0.4, -0.2) is 24.5 Å². The first-order chi connectivity index (χ1) is 7.11. The smallest absolute Gasteiger partial charge is 0.223 e. The topological polar surface area (TPSA) is 41.1 Å². The molecule has 0 aliphatic carbocycles. The van der Waals surface area contributed by atoms with Gasteiger partial charge in [0.05, 0.1) is 0 Å². The van der Waals surface area contributed by atoms with Gasteiger partial charge in [0.2, 0.25) is 5.91 Å². The molecule has 0 saturated carbocycles. The molecule has 0 aromatic carbocycles. The summed E-state index contributed by atoms with van der Waals surface area (Å²) in [4.78, 5) is 11.8. The Morgan fingerprint density at radius 2 is 2.13 bits per heavy atom. The number of carbonyl (C=O) groups excluding carboxylic acids is 1. The number of carbonyl (C=O) groups is 1. The molecule has 1 unspecified atom stereocenters. The Bertz CT molecular complexity index is 206. The van der Waals surface area contributed by atoms with E-state index in [0.29, 0.717) is 0 Å². The van der Waals surface area contributed by atoms with Gasteiger partial charge in [-0.3, -0.25) is 4.79 Å². The lowest BCUT2D eigenvalue weighted by molar-refractivity contribution is -0.125. The van der Waals surface area contributed by atoms with Crippen LogP contribution in [0.2, 0.25) is 0 Å². The first-order valence-electron chi connectivity index (χ1n) is 6.14. The van der Waals surface area contributed by atoms with E-state index in [1.807, 2.05) is 0 Å². The predicted octanol–water partition coefficient (Wildman–Crippen LogP) is 1.68. The number of amides is 1. The van der Waals surface area contributed by atoms with E-state index in [0.717, 1.165) is 32.4 Å². The summed E-state index contributed by atoms with van der Waals surface area (Å²) in [6.07, 6.45) is 4.26. The highest BCUT2D eigenvalue weighted by Gasteiger charge is 2.28. The minimum absolute atomic E-state index is 0.127. The molecule has 3 nitrogen and oxygen atoms in total. The summed E-state index contributed by atoms with van der Waals surface area (Å²) in [5, 5.41) is 6.51. The van der Waals surface area contributed by atoms with E-state index in [2.05, 4.69) is 31.4 Å². The van der Waals surface area contributed by atoms with Crippen LogP contribution in [-0.2, 0) is 4.79 Å². The molecule has 0 radical (unpaired) electrons. The van der Waals surface area contributed by atoms with Crippen LogP contribution in [0.1, 0.15) is 46.5 Å². The van der Waals surface area contributed by atoms with Gasteiger partial charge in [-0.25, -0.2) is 0 Å². The van der Waals surface area contributed by atoms with Crippen molar-refractivity contribution < 1.29 is 4.79 Å². The van der Waals surface area contributed by atoms with Gasteiger partial charge in [0.15, 0.2) is 0 Å². The molecule has 1 atom stereocenters. The van der Waals surface area contributed by atoms with Crippen LogP contribution >= 0.6 is 0 Å². The lowest BCUT2D eigenvalue weighted by Gasteiger charge is -2.25. The average molecular weight is 212 g/mol. The second-order valence-corrected chi connectivity index (χ2v) is 4.82. The maximum absolute atomic E-state index is 11.8. The van der Waals surface area contributed by atoms with Crippen molar-refractivity contribution in [3.8, 4) is 0 Å². The molecule has 0 aromatic rings. The molecule has 1 heterocycles. The van der Waals surface area contributed by atoms with Crippen molar-refractivity contribution in [2.45, 2.75) is 52.0 Å². The molecule has 0 bridgehead atoms. The molecule has 1 saturated heterocycles. The zero-order valence-electron chi connectivity index (χ0n) is 10.2. The van der Waals surface area contributed by atoms with E-state index in [4.69, 9.17) is 0 Å². The lowest BCUT2D eigenvalue weighted by Crippen LogP contribution is -2.48. The Kier molecular flexibility index (Phi) is 4.58. The van der Waals surface area contributed by atoms with Crippen molar-refractivity contribution in [1.29, 1.82) is 0 Å². The summed E-state index contributed by atoms with van der Waals surface area (Å²) >= 11 is 0. The van der Waals surface area contributed by atoms with Crippen molar-refractivity contribution in [2.24, 2.45) is 5.92 Å². The fourth-order valence-electron chi connectivity index (χ4n) is 2.19. The minimum atomic E-state index is 0.127. The molecular formula is C12H24N2O. The van der Waals surface area contributed by atoms with Crippen LogP contribution in [0, 0.1) is 5.92 Å².